The van der Waals surface area contributed by atoms with Gasteiger partial charge in [-0.15, -0.1) is 0 Å². The maximum atomic E-state index is 12.6. The molecule has 2 N–H and O–H groups in total. The zero-order chi connectivity index (χ0) is 27.4. The van der Waals surface area contributed by atoms with Gasteiger partial charge in [0.15, 0.2) is 0 Å². The van der Waals surface area contributed by atoms with Crippen molar-refractivity contribution in [2.24, 2.45) is 5.73 Å². The molecule has 6 nitrogen and oxygen atoms in total. The lowest BCUT2D eigenvalue weighted by Gasteiger charge is -2.36. The van der Waals surface area contributed by atoms with Crippen molar-refractivity contribution in [1.29, 1.82) is 0 Å². The molecule has 36 heavy (non-hydrogen) atoms. The normalized spacial score (nSPS) is 14.1. The number of ether oxygens (including phenoxy) is 2. The van der Waals surface area contributed by atoms with Crippen molar-refractivity contribution in [3.8, 4) is 5.75 Å². The summed E-state index contributed by atoms with van der Waals surface area (Å²) in [5, 5.41) is 0.103. The number of carbonyl (C=O) groups excluding carboxylic acids is 2. The van der Waals surface area contributed by atoms with Crippen LogP contribution in [0.15, 0.2) is 48.6 Å². The third-order valence-electron chi connectivity index (χ3n) is 6.54. The van der Waals surface area contributed by atoms with E-state index in [4.69, 9.17) is 19.6 Å². The van der Waals surface area contributed by atoms with Gasteiger partial charge in [0.05, 0.1) is 6.10 Å². The average molecular weight is 518 g/mol. The fourth-order valence-electron chi connectivity index (χ4n) is 3.22. The van der Waals surface area contributed by atoms with E-state index in [9.17, 15) is 9.59 Å². The predicted octanol–water partition coefficient (Wildman–Crippen LogP) is 6.50. The summed E-state index contributed by atoms with van der Waals surface area (Å²) >= 11 is 0. The van der Waals surface area contributed by atoms with Crippen LogP contribution in [0.5, 0.6) is 5.75 Å². The molecule has 0 spiro atoms. The molecule has 0 fully saturated rings. The van der Waals surface area contributed by atoms with Gasteiger partial charge in [-0.2, -0.15) is 0 Å². The van der Waals surface area contributed by atoms with Crippen molar-refractivity contribution in [3.63, 3.8) is 0 Å². The molecular weight excluding hydrogens is 470 g/mol. The Kier molecular flexibility index (Phi) is 13.2. The number of hydrogen-bond donors (Lipinski definition) is 1. The quantitative estimate of drug-likeness (QED) is 0.124. The number of esters is 2. The van der Waals surface area contributed by atoms with Gasteiger partial charge in [-0.05, 0) is 81.8 Å². The minimum Gasteiger partial charge on any atom is -0.543 e. The Balaban J connectivity index is 2.46. The van der Waals surface area contributed by atoms with E-state index in [0.29, 0.717) is 12.8 Å². The fraction of sp³-hybridized carbons (Fsp3) is 0.586. The second-order valence-electron chi connectivity index (χ2n) is 11.0. The Morgan fingerprint density at radius 1 is 1.19 bits per heavy atom. The minimum absolute atomic E-state index is 0.103. The molecule has 0 radical (unpaired) electrons. The van der Waals surface area contributed by atoms with E-state index in [-0.39, 0.29) is 23.7 Å². The van der Waals surface area contributed by atoms with Crippen LogP contribution in [0.25, 0.3) is 0 Å². The Hall–Kier alpha value is -2.38. The van der Waals surface area contributed by atoms with E-state index in [1.807, 2.05) is 31.2 Å². The summed E-state index contributed by atoms with van der Waals surface area (Å²) in [7, 11) is -1.94. The lowest BCUT2D eigenvalue weighted by molar-refractivity contribution is -0.150. The SMILES string of the molecule is C=CCOC(=O)CCC/C=C(\C)CC[C@H](C)OC(=O)[C@H](N)Cc1cccc(O[Si](C)(C)C(C)(C)C)c1. The molecule has 0 aromatic heterocycles. The molecule has 1 aromatic rings. The van der Waals surface area contributed by atoms with Crippen LogP contribution in [-0.4, -0.2) is 39.0 Å². The summed E-state index contributed by atoms with van der Waals surface area (Å²) in [4.78, 5) is 24.0. The van der Waals surface area contributed by atoms with E-state index in [2.05, 4.69) is 53.4 Å². The molecule has 1 aromatic carbocycles. The first kappa shape index (κ1) is 31.6. The maximum Gasteiger partial charge on any atom is 0.323 e. The lowest BCUT2D eigenvalue weighted by atomic mass is 10.1. The molecule has 7 heteroatoms. The topological polar surface area (TPSA) is 87.9 Å². The average Bonchev–Trinajstić information content (AvgIpc) is 2.78. The highest BCUT2D eigenvalue weighted by molar-refractivity contribution is 6.74. The molecule has 0 aliphatic heterocycles. The van der Waals surface area contributed by atoms with Crippen LogP contribution in [0, 0.1) is 0 Å². The summed E-state index contributed by atoms with van der Waals surface area (Å²) in [6.07, 6.45) is 7.35. The van der Waals surface area contributed by atoms with Gasteiger partial charge in [0.25, 0.3) is 0 Å². The van der Waals surface area contributed by atoms with E-state index in [1.54, 1.807) is 6.08 Å². The number of carbonyl (C=O) groups is 2. The van der Waals surface area contributed by atoms with Crippen LogP contribution >= 0.6 is 0 Å². The first-order chi connectivity index (χ1) is 16.7. The molecule has 202 valence electrons. The summed E-state index contributed by atoms with van der Waals surface area (Å²) in [5.41, 5.74) is 8.34. The Morgan fingerprint density at radius 2 is 1.89 bits per heavy atom. The van der Waals surface area contributed by atoms with Crippen LogP contribution in [0.2, 0.25) is 18.1 Å². The maximum absolute atomic E-state index is 12.6. The second kappa shape index (κ2) is 15.0. The van der Waals surface area contributed by atoms with E-state index in [0.717, 1.165) is 37.0 Å². The van der Waals surface area contributed by atoms with Gasteiger partial charge in [-0.1, -0.05) is 57.2 Å². The third-order valence-corrected chi connectivity index (χ3v) is 10.9. The van der Waals surface area contributed by atoms with E-state index < -0.39 is 20.3 Å². The molecule has 0 amide bonds. The molecule has 0 aliphatic rings. The van der Waals surface area contributed by atoms with Crippen LogP contribution in [-0.2, 0) is 25.5 Å². The molecule has 1 rings (SSSR count). The van der Waals surface area contributed by atoms with Gasteiger partial charge in [0.2, 0.25) is 8.32 Å². The molecule has 2 atom stereocenters. The predicted molar refractivity (Wildman–Crippen MR) is 149 cm³/mol. The minimum atomic E-state index is -1.94. The molecule has 0 aliphatic carbocycles. The van der Waals surface area contributed by atoms with Crippen molar-refractivity contribution in [1.82, 2.24) is 0 Å². The number of benzene rings is 1. The third kappa shape index (κ3) is 12.0. The smallest absolute Gasteiger partial charge is 0.323 e. The molecule has 0 bridgehead atoms. The van der Waals surface area contributed by atoms with E-state index >= 15 is 0 Å². The largest absolute Gasteiger partial charge is 0.543 e. The standard InChI is InChI=1S/C29H47NO5Si/c1-9-19-33-27(31)16-11-10-13-22(2)17-18-23(3)34-28(32)26(30)21-24-14-12-15-25(20-24)35-36(7,8)29(4,5)6/h9,12-15,20,23,26H,1,10-11,16-19,21,30H2,2-8H3/b22-13+/t23-,26+/m0/s1. The second-order valence-corrected chi connectivity index (χ2v) is 15.7. The van der Waals surface area contributed by atoms with Gasteiger partial charge >= 0.3 is 11.9 Å². The molecule has 0 heterocycles. The highest BCUT2D eigenvalue weighted by Crippen LogP contribution is 2.37. The Morgan fingerprint density at radius 3 is 2.53 bits per heavy atom. The number of allylic oxidation sites excluding steroid dienone is 2. The number of rotatable bonds is 15. The van der Waals surface area contributed by atoms with Crippen LogP contribution < -0.4 is 10.2 Å². The van der Waals surface area contributed by atoms with Gasteiger partial charge < -0.3 is 19.6 Å². The Labute approximate surface area is 219 Å². The summed E-state index contributed by atoms with van der Waals surface area (Å²) in [6.45, 7) is 18.8. The molecule has 0 saturated heterocycles. The van der Waals surface area contributed by atoms with Crippen molar-refractivity contribution in [2.75, 3.05) is 6.61 Å². The highest BCUT2D eigenvalue weighted by atomic mass is 28.4. The number of hydrogen-bond acceptors (Lipinski definition) is 6. The van der Waals surface area contributed by atoms with Crippen molar-refractivity contribution >= 4 is 20.3 Å². The Bertz CT molecular complexity index is 888. The summed E-state index contributed by atoms with van der Waals surface area (Å²) < 4.78 is 16.9. The van der Waals surface area contributed by atoms with Gasteiger partial charge in [0, 0.05) is 6.42 Å². The first-order valence-corrected chi connectivity index (χ1v) is 15.8. The van der Waals surface area contributed by atoms with Crippen LogP contribution in [0.4, 0.5) is 0 Å². The zero-order valence-corrected chi connectivity index (χ0v) is 24.4. The van der Waals surface area contributed by atoms with E-state index in [1.165, 1.54) is 5.57 Å². The number of nitrogens with two attached hydrogens (primary N) is 1. The summed E-state index contributed by atoms with van der Waals surface area (Å²) in [5.74, 6) is 0.231. The molecular formula is C29H47NO5Si. The first-order valence-electron chi connectivity index (χ1n) is 12.9. The van der Waals surface area contributed by atoms with Gasteiger partial charge in [-0.25, -0.2) is 0 Å². The van der Waals surface area contributed by atoms with Crippen LogP contribution in [0.3, 0.4) is 0 Å². The zero-order valence-electron chi connectivity index (χ0n) is 23.4. The molecule has 0 unspecified atom stereocenters. The highest BCUT2D eigenvalue weighted by Gasteiger charge is 2.39. The number of unbranched alkanes of at least 4 members (excludes halogenated alkanes) is 1. The van der Waals surface area contributed by atoms with Gasteiger partial charge in [-0.3, -0.25) is 9.59 Å². The van der Waals surface area contributed by atoms with Crippen molar-refractivity contribution < 1.29 is 23.5 Å². The van der Waals surface area contributed by atoms with Gasteiger partial charge in [0.1, 0.15) is 18.4 Å². The summed E-state index contributed by atoms with van der Waals surface area (Å²) in [6, 6.07) is 7.11. The van der Waals surface area contributed by atoms with Crippen molar-refractivity contribution in [2.45, 2.75) is 103 Å². The monoisotopic (exact) mass is 517 g/mol. The van der Waals surface area contributed by atoms with Crippen LogP contribution in [0.1, 0.15) is 72.3 Å². The molecule has 0 saturated carbocycles. The fourth-order valence-corrected chi connectivity index (χ4v) is 4.24. The lowest BCUT2D eigenvalue weighted by Crippen LogP contribution is -2.43. The van der Waals surface area contributed by atoms with Crippen molar-refractivity contribution in [3.05, 3.63) is 54.1 Å².